The summed E-state index contributed by atoms with van der Waals surface area (Å²) in [6.45, 7) is 0. The summed E-state index contributed by atoms with van der Waals surface area (Å²) in [6, 6.07) is 22.2. The molecule has 1 aromatic heterocycles. The Morgan fingerprint density at radius 3 is 2.38 bits per heavy atom. The van der Waals surface area contributed by atoms with Gasteiger partial charge in [-0.3, -0.25) is 4.72 Å². The van der Waals surface area contributed by atoms with Gasteiger partial charge < -0.3 is 9.26 Å². The first-order valence-electron chi connectivity index (χ1n) is 8.71. The number of methoxy groups -OCH3 is 1. The zero-order chi connectivity index (χ0) is 20.3. The van der Waals surface area contributed by atoms with E-state index >= 15 is 0 Å². The second kappa shape index (κ2) is 7.76. The molecular formula is C21H17N3O4S. The molecule has 4 aromatic rings. The lowest BCUT2D eigenvalue weighted by molar-refractivity contribution is 0.415. The highest BCUT2D eigenvalue weighted by molar-refractivity contribution is 7.92. The summed E-state index contributed by atoms with van der Waals surface area (Å²) < 4.78 is 38.1. The van der Waals surface area contributed by atoms with E-state index in [1.54, 1.807) is 49.6 Å². The summed E-state index contributed by atoms with van der Waals surface area (Å²) in [5.74, 6) is 1.45. The molecule has 0 radical (unpaired) electrons. The molecule has 1 heterocycles. The van der Waals surface area contributed by atoms with Crippen molar-refractivity contribution in [1.82, 2.24) is 10.1 Å². The van der Waals surface area contributed by atoms with Gasteiger partial charge in [0.1, 0.15) is 5.75 Å². The first-order chi connectivity index (χ1) is 14.0. The van der Waals surface area contributed by atoms with Crippen molar-refractivity contribution >= 4 is 15.7 Å². The molecule has 0 aliphatic heterocycles. The van der Waals surface area contributed by atoms with E-state index < -0.39 is 10.0 Å². The number of aromatic nitrogens is 2. The molecule has 0 saturated carbocycles. The van der Waals surface area contributed by atoms with Gasteiger partial charge >= 0.3 is 0 Å². The van der Waals surface area contributed by atoms with Crippen LogP contribution in [0.2, 0.25) is 0 Å². The van der Waals surface area contributed by atoms with Crippen LogP contribution in [-0.2, 0) is 10.0 Å². The molecular weight excluding hydrogens is 390 g/mol. The molecule has 0 fully saturated rings. The lowest BCUT2D eigenvalue weighted by Crippen LogP contribution is -2.12. The van der Waals surface area contributed by atoms with Crippen molar-refractivity contribution in [2.75, 3.05) is 11.8 Å². The highest BCUT2D eigenvalue weighted by atomic mass is 32.2. The van der Waals surface area contributed by atoms with Gasteiger partial charge in [0.05, 0.1) is 12.0 Å². The Morgan fingerprint density at radius 1 is 0.897 bits per heavy atom. The summed E-state index contributed by atoms with van der Waals surface area (Å²) in [4.78, 5) is 4.59. The average Bonchev–Trinajstić information content (AvgIpc) is 3.25. The fourth-order valence-corrected chi connectivity index (χ4v) is 3.80. The standard InChI is InChI=1S/C21H17N3O4S/c1-27-18-12-10-15(11-13-18)20-22-21(28-23-20)16-6-5-7-17(14-16)24-29(25,26)19-8-3-2-4-9-19/h2-14,24H,1H3. The van der Waals surface area contributed by atoms with Crippen molar-refractivity contribution in [2.24, 2.45) is 0 Å². The minimum Gasteiger partial charge on any atom is -0.497 e. The lowest BCUT2D eigenvalue weighted by Gasteiger charge is -2.08. The Balaban J connectivity index is 1.58. The van der Waals surface area contributed by atoms with E-state index in [4.69, 9.17) is 9.26 Å². The van der Waals surface area contributed by atoms with Crippen molar-refractivity contribution in [1.29, 1.82) is 0 Å². The normalized spacial score (nSPS) is 11.2. The fourth-order valence-electron chi connectivity index (χ4n) is 2.73. The van der Waals surface area contributed by atoms with Crippen LogP contribution < -0.4 is 9.46 Å². The predicted octanol–water partition coefficient (Wildman–Crippen LogP) is 4.21. The average molecular weight is 407 g/mol. The molecule has 0 aliphatic carbocycles. The van der Waals surface area contributed by atoms with Crippen molar-refractivity contribution in [2.45, 2.75) is 4.90 Å². The minimum absolute atomic E-state index is 0.185. The summed E-state index contributed by atoms with van der Waals surface area (Å²) in [5, 5.41) is 4.00. The third-order valence-corrected chi connectivity index (χ3v) is 5.59. The van der Waals surface area contributed by atoms with E-state index in [0.717, 1.165) is 11.3 Å². The molecule has 7 nitrogen and oxygen atoms in total. The van der Waals surface area contributed by atoms with Crippen LogP contribution in [0.4, 0.5) is 5.69 Å². The molecule has 0 spiro atoms. The van der Waals surface area contributed by atoms with Crippen molar-refractivity contribution in [3.8, 4) is 28.6 Å². The number of hydrogen-bond donors (Lipinski definition) is 1. The van der Waals surface area contributed by atoms with Gasteiger partial charge in [-0.25, -0.2) is 8.42 Å². The Labute approximate surface area is 168 Å². The molecule has 1 N–H and O–H groups in total. The van der Waals surface area contributed by atoms with Crippen LogP contribution >= 0.6 is 0 Å². The largest absolute Gasteiger partial charge is 0.497 e. The highest BCUT2D eigenvalue weighted by Crippen LogP contribution is 2.26. The maximum absolute atomic E-state index is 12.5. The quantitative estimate of drug-likeness (QED) is 0.514. The van der Waals surface area contributed by atoms with E-state index in [1.807, 2.05) is 24.3 Å². The van der Waals surface area contributed by atoms with Gasteiger partial charge in [-0.1, -0.05) is 29.4 Å². The number of benzene rings is 3. The highest BCUT2D eigenvalue weighted by Gasteiger charge is 2.15. The third-order valence-electron chi connectivity index (χ3n) is 4.19. The number of ether oxygens (including phenoxy) is 1. The minimum atomic E-state index is -3.69. The Bertz CT molecular complexity index is 1220. The molecule has 0 aliphatic rings. The molecule has 0 amide bonds. The smallest absolute Gasteiger partial charge is 0.261 e. The maximum atomic E-state index is 12.5. The van der Waals surface area contributed by atoms with Gasteiger partial charge in [-0.15, -0.1) is 0 Å². The first kappa shape index (κ1) is 18.7. The molecule has 8 heteroatoms. The SMILES string of the molecule is COc1ccc(-c2noc(-c3cccc(NS(=O)(=O)c4ccccc4)c3)n2)cc1. The summed E-state index contributed by atoms with van der Waals surface area (Å²) >= 11 is 0. The Kier molecular flexibility index (Phi) is 5.01. The number of sulfonamides is 1. The van der Waals surface area contributed by atoms with E-state index in [-0.39, 0.29) is 10.8 Å². The van der Waals surface area contributed by atoms with Gasteiger partial charge in [0.25, 0.3) is 15.9 Å². The molecule has 0 atom stereocenters. The van der Waals surface area contributed by atoms with Crippen molar-refractivity contribution < 1.29 is 17.7 Å². The van der Waals surface area contributed by atoms with Crippen LogP contribution in [0.1, 0.15) is 0 Å². The number of rotatable bonds is 6. The third kappa shape index (κ3) is 4.12. The molecule has 4 rings (SSSR count). The van der Waals surface area contributed by atoms with Gasteiger partial charge in [-0.05, 0) is 54.6 Å². The molecule has 146 valence electrons. The topological polar surface area (TPSA) is 94.3 Å². The van der Waals surface area contributed by atoms with Gasteiger partial charge in [-0.2, -0.15) is 4.98 Å². The molecule has 0 unspecified atom stereocenters. The van der Waals surface area contributed by atoms with E-state index in [9.17, 15) is 8.42 Å². The Morgan fingerprint density at radius 2 is 1.66 bits per heavy atom. The lowest BCUT2D eigenvalue weighted by atomic mass is 10.2. The van der Waals surface area contributed by atoms with E-state index in [2.05, 4.69) is 14.9 Å². The van der Waals surface area contributed by atoms with Crippen LogP contribution in [0.5, 0.6) is 5.75 Å². The van der Waals surface area contributed by atoms with Crippen molar-refractivity contribution in [3.63, 3.8) is 0 Å². The molecule has 3 aromatic carbocycles. The predicted molar refractivity (Wildman–Crippen MR) is 109 cm³/mol. The summed E-state index contributed by atoms with van der Waals surface area (Å²) in [5.41, 5.74) is 1.78. The number of nitrogens with zero attached hydrogens (tertiary/aromatic N) is 2. The number of anilines is 1. The molecule has 29 heavy (non-hydrogen) atoms. The second-order valence-corrected chi connectivity index (χ2v) is 7.83. The zero-order valence-corrected chi connectivity index (χ0v) is 16.3. The fraction of sp³-hybridized carbons (Fsp3) is 0.0476. The van der Waals surface area contributed by atoms with E-state index in [1.165, 1.54) is 12.1 Å². The monoisotopic (exact) mass is 407 g/mol. The number of nitrogens with one attached hydrogen (secondary N) is 1. The molecule has 0 bridgehead atoms. The first-order valence-corrected chi connectivity index (χ1v) is 10.2. The van der Waals surface area contributed by atoms with Crippen LogP contribution in [0.3, 0.4) is 0 Å². The zero-order valence-electron chi connectivity index (χ0n) is 15.4. The summed E-state index contributed by atoms with van der Waals surface area (Å²) in [7, 11) is -2.09. The van der Waals surface area contributed by atoms with E-state index in [0.29, 0.717) is 17.1 Å². The van der Waals surface area contributed by atoms with Crippen LogP contribution in [-0.4, -0.2) is 25.7 Å². The van der Waals surface area contributed by atoms with Crippen LogP contribution in [0, 0.1) is 0 Å². The van der Waals surface area contributed by atoms with Gasteiger partial charge in [0, 0.05) is 16.8 Å². The van der Waals surface area contributed by atoms with Crippen molar-refractivity contribution in [3.05, 3.63) is 78.9 Å². The number of hydrogen-bond acceptors (Lipinski definition) is 6. The van der Waals surface area contributed by atoms with Gasteiger partial charge in [0.15, 0.2) is 0 Å². The van der Waals surface area contributed by atoms with Gasteiger partial charge in [0.2, 0.25) is 5.82 Å². The van der Waals surface area contributed by atoms with Crippen LogP contribution in [0.15, 0.2) is 88.3 Å². The Hall–Kier alpha value is -3.65. The second-order valence-electron chi connectivity index (χ2n) is 6.15. The van der Waals surface area contributed by atoms with Crippen LogP contribution in [0.25, 0.3) is 22.8 Å². The summed E-state index contributed by atoms with van der Waals surface area (Å²) in [6.07, 6.45) is 0. The molecule has 0 saturated heterocycles. The maximum Gasteiger partial charge on any atom is 0.261 e.